The first-order valence-corrected chi connectivity index (χ1v) is 5.12. The third kappa shape index (κ3) is 3.13. The first kappa shape index (κ1) is 13.8. The second kappa shape index (κ2) is 5.91. The molecule has 0 bridgehead atoms. The number of carbonyl (C=O) groups is 1. The highest BCUT2D eigenvalue weighted by atomic mass is 19.3. The van der Waals surface area contributed by atoms with E-state index in [4.69, 9.17) is 11.0 Å². The van der Waals surface area contributed by atoms with Gasteiger partial charge in [-0.1, -0.05) is 0 Å². The maximum absolute atomic E-state index is 12.7. The highest BCUT2D eigenvalue weighted by Crippen LogP contribution is 2.25. The number of anilines is 1. The van der Waals surface area contributed by atoms with Crippen LogP contribution < -0.4 is 5.73 Å². The predicted octanol–water partition coefficient (Wildman–Crippen LogP) is 1.58. The van der Waals surface area contributed by atoms with Crippen LogP contribution in [0.1, 0.15) is 30.2 Å². The normalized spacial score (nSPS) is 10.2. The Bertz CT molecular complexity index is 498. The number of rotatable bonds is 4. The van der Waals surface area contributed by atoms with Crippen LogP contribution in [0, 0.1) is 11.3 Å². The van der Waals surface area contributed by atoms with Crippen LogP contribution in [0.5, 0.6) is 0 Å². The van der Waals surface area contributed by atoms with Crippen LogP contribution in [0.2, 0.25) is 0 Å². The maximum atomic E-state index is 12.7. The summed E-state index contributed by atoms with van der Waals surface area (Å²) in [6.45, 7) is 1.79. The van der Waals surface area contributed by atoms with Gasteiger partial charge in [0.2, 0.25) is 0 Å². The number of nitrogen functional groups attached to an aromatic ring is 1. The highest BCUT2D eigenvalue weighted by Gasteiger charge is 2.21. The molecule has 18 heavy (non-hydrogen) atoms. The molecule has 0 aliphatic heterocycles. The van der Waals surface area contributed by atoms with Gasteiger partial charge in [0.1, 0.15) is 17.6 Å². The van der Waals surface area contributed by atoms with Gasteiger partial charge in [-0.2, -0.15) is 5.26 Å². The number of nitrogens with two attached hydrogens (primary N) is 1. The second-order valence-electron chi connectivity index (χ2n) is 3.36. The Labute approximate surface area is 102 Å². The average Bonchev–Trinajstić information content (AvgIpc) is 2.28. The number of carbonyl (C=O) groups excluding carboxylic acids is 1. The molecule has 0 radical (unpaired) electrons. The van der Waals surface area contributed by atoms with E-state index < -0.39 is 18.1 Å². The zero-order valence-corrected chi connectivity index (χ0v) is 9.61. The standard InChI is InChI=1S/C11H11F2N3O2/c1-2-18-9(17)4-6-3-8(15)16-10(11(12)13)7(6)5-14/h3,11H,2,4H2,1H3,(H2,15,16). The van der Waals surface area contributed by atoms with E-state index in [2.05, 4.69) is 9.72 Å². The van der Waals surface area contributed by atoms with Gasteiger partial charge >= 0.3 is 5.97 Å². The molecule has 0 aromatic carbocycles. The number of pyridine rings is 1. The summed E-state index contributed by atoms with van der Waals surface area (Å²) in [5, 5.41) is 8.87. The van der Waals surface area contributed by atoms with Crippen LogP contribution in [-0.2, 0) is 16.0 Å². The molecule has 0 saturated heterocycles. The molecule has 7 heteroatoms. The summed E-state index contributed by atoms with van der Waals surface area (Å²) >= 11 is 0. The second-order valence-corrected chi connectivity index (χ2v) is 3.36. The number of hydrogen-bond acceptors (Lipinski definition) is 5. The van der Waals surface area contributed by atoms with Gasteiger partial charge in [-0.05, 0) is 18.6 Å². The third-order valence-electron chi connectivity index (χ3n) is 2.11. The van der Waals surface area contributed by atoms with Crippen molar-refractivity contribution >= 4 is 11.8 Å². The summed E-state index contributed by atoms with van der Waals surface area (Å²) in [6, 6.07) is 2.84. The molecule has 1 aromatic heterocycles. The van der Waals surface area contributed by atoms with Crippen LogP contribution in [0.25, 0.3) is 0 Å². The summed E-state index contributed by atoms with van der Waals surface area (Å²) in [4.78, 5) is 14.7. The number of nitrogens with zero attached hydrogens (tertiary/aromatic N) is 2. The fraction of sp³-hybridized carbons (Fsp3) is 0.364. The Kier molecular flexibility index (Phi) is 4.54. The van der Waals surface area contributed by atoms with Crippen molar-refractivity contribution in [3.63, 3.8) is 0 Å². The third-order valence-corrected chi connectivity index (χ3v) is 2.11. The number of halogens is 2. The van der Waals surface area contributed by atoms with E-state index in [1.54, 1.807) is 13.0 Å². The van der Waals surface area contributed by atoms with E-state index in [0.29, 0.717) is 0 Å². The SMILES string of the molecule is CCOC(=O)Cc1cc(N)nc(C(F)F)c1C#N. The largest absolute Gasteiger partial charge is 0.466 e. The summed E-state index contributed by atoms with van der Waals surface area (Å²) in [5.41, 5.74) is 4.42. The topological polar surface area (TPSA) is 89.0 Å². The van der Waals surface area contributed by atoms with Gasteiger partial charge in [-0.25, -0.2) is 13.8 Å². The van der Waals surface area contributed by atoms with Gasteiger partial charge in [0, 0.05) is 0 Å². The Morgan fingerprint density at radius 1 is 1.67 bits per heavy atom. The lowest BCUT2D eigenvalue weighted by Crippen LogP contribution is -2.11. The highest BCUT2D eigenvalue weighted by molar-refractivity contribution is 5.74. The molecule has 1 aromatic rings. The summed E-state index contributed by atoms with van der Waals surface area (Å²) < 4.78 is 30.0. The minimum absolute atomic E-state index is 0.0961. The van der Waals surface area contributed by atoms with Crippen LogP contribution in [0.3, 0.4) is 0 Å². The molecule has 96 valence electrons. The van der Waals surface area contributed by atoms with Crippen molar-refractivity contribution in [3.05, 3.63) is 22.9 Å². The van der Waals surface area contributed by atoms with Crippen LogP contribution in [-0.4, -0.2) is 17.6 Å². The van der Waals surface area contributed by atoms with Crippen LogP contribution in [0.4, 0.5) is 14.6 Å². The van der Waals surface area contributed by atoms with Gasteiger partial charge in [-0.3, -0.25) is 4.79 Å². The van der Waals surface area contributed by atoms with Crippen molar-refractivity contribution in [2.75, 3.05) is 12.3 Å². The van der Waals surface area contributed by atoms with Gasteiger partial charge in [-0.15, -0.1) is 0 Å². The van der Waals surface area contributed by atoms with Gasteiger partial charge < -0.3 is 10.5 Å². The number of nitriles is 1. The molecule has 2 N–H and O–H groups in total. The summed E-state index contributed by atoms with van der Waals surface area (Å²) in [7, 11) is 0. The zero-order valence-electron chi connectivity index (χ0n) is 9.61. The molecule has 5 nitrogen and oxygen atoms in total. The molecule has 0 aliphatic carbocycles. The van der Waals surface area contributed by atoms with E-state index in [1.165, 1.54) is 6.07 Å². The monoisotopic (exact) mass is 255 g/mol. The first-order chi connectivity index (χ1) is 8.49. The lowest BCUT2D eigenvalue weighted by atomic mass is 10.0. The predicted molar refractivity (Wildman–Crippen MR) is 58.7 cm³/mol. The molecule has 1 rings (SSSR count). The maximum Gasteiger partial charge on any atom is 0.310 e. The molecular formula is C11H11F2N3O2. The molecule has 0 aliphatic rings. The number of alkyl halides is 2. The fourth-order valence-electron chi connectivity index (χ4n) is 1.44. The van der Waals surface area contributed by atoms with E-state index in [-0.39, 0.29) is 30.0 Å². The lowest BCUT2D eigenvalue weighted by Gasteiger charge is -2.09. The molecule has 0 unspecified atom stereocenters. The molecule has 0 saturated carbocycles. The van der Waals surface area contributed by atoms with Crippen LogP contribution >= 0.6 is 0 Å². The Hall–Kier alpha value is -2.23. The van der Waals surface area contributed by atoms with E-state index in [1.807, 2.05) is 0 Å². The molecule has 1 heterocycles. The fourth-order valence-corrected chi connectivity index (χ4v) is 1.44. The molecule has 0 atom stereocenters. The van der Waals surface area contributed by atoms with Gasteiger partial charge in [0.05, 0.1) is 18.6 Å². The van der Waals surface area contributed by atoms with Crippen LogP contribution in [0.15, 0.2) is 6.07 Å². The number of aromatic nitrogens is 1. The quantitative estimate of drug-likeness (QED) is 0.825. The summed E-state index contributed by atoms with van der Waals surface area (Å²) in [6.07, 6.45) is -3.22. The zero-order chi connectivity index (χ0) is 13.7. The molecule has 0 fully saturated rings. The van der Waals surface area contributed by atoms with Crippen molar-refractivity contribution in [2.45, 2.75) is 19.8 Å². The van der Waals surface area contributed by atoms with Crippen molar-refractivity contribution in [1.29, 1.82) is 5.26 Å². The molecular weight excluding hydrogens is 244 g/mol. The Morgan fingerprint density at radius 3 is 2.83 bits per heavy atom. The van der Waals surface area contributed by atoms with Gasteiger partial charge in [0.15, 0.2) is 0 Å². The smallest absolute Gasteiger partial charge is 0.310 e. The number of ether oxygens (including phenoxy) is 1. The van der Waals surface area contributed by atoms with Crippen molar-refractivity contribution in [1.82, 2.24) is 4.98 Å². The molecule has 0 amide bonds. The Morgan fingerprint density at radius 2 is 2.33 bits per heavy atom. The minimum atomic E-state index is -2.93. The molecule has 0 spiro atoms. The van der Waals surface area contributed by atoms with E-state index >= 15 is 0 Å². The number of esters is 1. The van der Waals surface area contributed by atoms with Crippen molar-refractivity contribution < 1.29 is 18.3 Å². The van der Waals surface area contributed by atoms with Gasteiger partial charge in [0.25, 0.3) is 6.43 Å². The van der Waals surface area contributed by atoms with E-state index in [0.717, 1.165) is 0 Å². The van der Waals surface area contributed by atoms with Crippen molar-refractivity contribution in [3.8, 4) is 6.07 Å². The Balaban J connectivity index is 3.18. The minimum Gasteiger partial charge on any atom is -0.466 e. The first-order valence-electron chi connectivity index (χ1n) is 5.12. The average molecular weight is 255 g/mol. The summed E-state index contributed by atoms with van der Waals surface area (Å²) in [5.74, 6) is -0.775. The van der Waals surface area contributed by atoms with E-state index in [9.17, 15) is 13.6 Å². The number of hydrogen-bond donors (Lipinski definition) is 1. The van der Waals surface area contributed by atoms with Crippen molar-refractivity contribution in [2.24, 2.45) is 0 Å². The lowest BCUT2D eigenvalue weighted by molar-refractivity contribution is -0.142.